The minimum Gasteiger partial charge on any atom is -0.365 e. The third-order valence-electron chi connectivity index (χ3n) is 3.81. The number of aromatic nitrogens is 2. The Morgan fingerprint density at radius 1 is 1.22 bits per heavy atom. The number of nitrogens with one attached hydrogen (secondary N) is 2. The molecule has 0 bridgehead atoms. The second-order valence-electron chi connectivity index (χ2n) is 5.29. The number of rotatable bonds is 4. The smallest absolute Gasteiger partial charge is 0.148 e. The molecule has 0 unspecified atom stereocenters. The number of nitrogens with zero attached hydrogens (tertiary/aromatic N) is 2. The molecule has 0 saturated heterocycles. The van der Waals surface area contributed by atoms with Gasteiger partial charge in [0.1, 0.15) is 18.0 Å². The minimum absolute atomic E-state index is 0.155. The van der Waals surface area contributed by atoms with E-state index in [1.807, 2.05) is 0 Å². The summed E-state index contributed by atoms with van der Waals surface area (Å²) >= 11 is 0. The highest BCUT2D eigenvalue weighted by molar-refractivity contribution is 5.57. The van der Waals surface area contributed by atoms with Crippen LogP contribution >= 0.6 is 0 Å². The molecule has 0 aromatic carbocycles. The zero-order valence-corrected chi connectivity index (χ0v) is 11.3. The Hall–Kier alpha value is -1.36. The van der Waals surface area contributed by atoms with E-state index in [0.717, 1.165) is 23.6 Å². The molecule has 1 aliphatic rings. The van der Waals surface area contributed by atoms with E-state index in [4.69, 9.17) is 5.84 Å². The van der Waals surface area contributed by atoms with Crippen LogP contribution in [-0.2, 0) is 6.42 Å². The molecule has 1 aromatic rings. The van der Waals surface area contributed by atoms with E-state index in [2.05, 4.69) is 34.6 Å². The van der Waals surface area contributed by atoms with Crippen LogP contribution in [0.1, 0.15) is 51.5 Å². The van der Waals surface area contributed by atoms with Gasteiger partial charge in [-0.1, -0.05) is 26.2 Å². The Labute approximate surface area is 109 Å². The summed E-state index contributed by atoms with van der Waals surface area (Å²) < 4.78 is 0. The summed E-state index contributed by atoms with van der Waals surface area (Å²) in [4.78, 5) is 8.54. The minimum atomic E-state index is 0.155. The van der Waals surface area contributed by atoms with Gasteiger partial charge >= 0.3 is 0 Å². The molecule has 0 aliphatic heterocycles. The Morgan fingerprint density at radius 3 is 2.50 bits per heavy atom. The van der Waals surface area contributed by atoms with E-state index in [1.165, 1.54) is 32.1 Å². The predicted octanol–water partition coefficient (Wildman–Crippen LogP) is 2.46. The Balaban J connectivity index is 2.22. The number of nitrogens with two attached hydrogens (primary N) is 1. The van der Waals surface area contributed by atoms with Crippen LogP contribution in [-0.4, -0.2) is 15.5 Å². The number of anilines is 2. The number of hydrazine groups is 1. The lowest BCUT2D eigenvalue weighted by Crippen LogP contribution is -2.37. The number of nitrogen functional groups attached to an aromatic ring is 1. The van der Waals surface area contributed by atoms with E-state index in [1.54, 1.807) is 6.33 Å². The molecule has 0 radical (unpaired) electrons. The van der Waals surface area contributed by atoms with E-state index in [0.29, 0.717) is 0 Å². The standard InChI is InChI=1S/C13H23N5/c1-3-10-11(15-9-16-12(10)18-14)17-13(2)7-5-4-6-8-13/h9H,3-8,14H2,1-2H3,(H2,15,16,17,18). The Bertz CT molecular complexity index is 398. The first kappa shape index (κ1) is 13.1. The average molecular weight is 249 g/mol. The third-order valence-corrected chi connectivity index (χ3v) is 3.81. The van der Waals surface area contributed by atoms with Crippen molar-refractivity contribution in [2.24, 2.45) is 5.84 Å². The average Bonchev–Trinajstić information content (AvgIpc) is 2.38. The first-order valence-corrected chi connectivity index (χ1v) is 6.77. The van der Waals surface area contributed by atoms with Crippen LogP contribution in [0.2, 0.25) is 0 Å². The van der Waals surface area contributed by atoms with Crippen molar-refractivity contribution >= 4 is 11.6 Å². The molecule has 1 saturated carbocycles. The van der Waals surface area contributed by atoms with Gasteiger partial charge in [0.05, 0.1) is 0 Å². The first-order valence-electron chi connectivity index (χ1n) is 6.77. The van der Waals surface area contributed by atoms with Crippen LogP contribution < -0.4 is 16.6 Å². The van der Waals surface area contributed by atoms with Gasteiger partial charge in [-0.2, -0.15) is 0 Å². The molecule has 100 valence electrons. The summed E-state index contributed by atoms with van der Waals surface area (Å²) in [5, 5.41) is 3.60. The summed E-state index contributed by atoms with van der Waals surface area (Å²) in [7, 11) is 0. The monoisotopic (exact) mass is 249 g/mol. The molecule has 2 rings (SSSR count). The highest BCUT2D eigenvalue weighted by Gasteiger charge is 2.27. The molecule has 0 atom stereocenters. The van der Waals surface area contributed by atoms with E-state index in [9.17, 15) is 0 Å². The first-order chi connectivity index (χ1) is 8.68. The molecular weight excluding hydrogens is 226 g/mol. The van der Waals surface area contributed by atoms with Crippen molar-refractivity contribution in [3.63, 3.8) is 0 Å². The van der Waals surface area contributed by atoms with Gasteiger partial charge in [0.25, 0.3) is 0 Å². The Kier molecular flexibility index (Phi) is 4.01. The van der Waals surface area contributed by atoms with Gasteiger partial charge in [0.15, 0.2) is 0 Å². The predicted molar refractivity (Wildman–Crippen MR) is 74.3 cm³/mol. The molecular formula is C13H23N5. The SMILES string of the molecule is CCc1c(NN)ncnc1NC1(C)CCCCC1. The molecule has 1 aliphatic carbocycles. The maximum atomic E-state index is 5.49. The maximum absolute atomic E-state index is 5.49. The van der Waals surface area contributed by atoms with Crippen molar-refractivity contribution < 1.29 is 0 Å². The molecule has 0 spiro atoms. The van der Waals surface area contributed by atoms with Gasteiger partial charge in [0, 0.05) is 11.1 Å². The van der Waals surface area contributed by atoms with Crippen LogP contribution in [0.15, 0.2) is 6.33 Å². The maximum Gasteiger partial charge on any atom is 0.148 e. The van der Waals surface area contributed by atoms with Crippen molar-refractivity contribution in [2.75, 3.05) is 10.7 Å². The quantitative estimate of drug-likeness (QED) is 0.564. The fourth-order valence-electron chi connectivity index (χ4n) is 2.72. The fourth-order valence-corrected chi connectivity index (χ4v) is 2.72. The number of hydrogen-bond donors (Lipinski definition) is 3. The summed E-state index contributed by atoms with van der Waals surface area (Å²) in [6, 6.07) is 0. The summed E-state index contributed by atoms with van der Waals surface area (Å²) in [5.74, 6) is 7.13. The van der Waals surface area contributed by atoms with Crippen molar-refractivity contribution in [2.45, 2.75) is 57.9 Å². The molecule has 1 aromatic heterocycles. The van der Waals surface area contributed by atoms with Crippen LogP contribution in [0.4, 0.5) is 11.6 Å². The summed E-state index contributed by atoms with van der Waals surface area (Å²) in [6.45, 7) is 4.37. The lowest BCUT2D eigenvalue weighted by molar-refractivity contribution is 0.348. The van der Waals surface area contributed by atoms with Gasteiger partial charge in [-0.3, -0.25) is 0 Å². The lowest BCUT2D eigenvalue weighted by Gasteiger charge is -2.35. The van der Waals surface area contributed by atoms with Crippen LogP contribution in [0.5, 0.6) is 0 Å². The van der Waals surface area contributed by atoms with Crippen LogP contribution in [0, 0.1) is 0 Å². The third kappa shape index (κ3) is 2.72. The molecule has 4 N–H and O–H groups in total. The van der Waals surface area contributed by atoms with Crippen molar-refractivity contribution in [3.05, 3.63) is 11.9 Å². The van der Waals surface area contributed by atoms with Crippen molar-refractivity contribution in [1.82, 2.24) is 9.97 Å². The Morgan fingerprint density at radius 2 is 1.89 bits per heavy atom. The van der Waals surface area contributed by atoms with Crippen molar-refractivity contribution in [3.8, 4) is 0 Å². The highest BCUT2D eigenvalue weighted by atomic mass is 15.3. The van der Waals surface area contributed by atoms with Gasteiger partial charge in [-0.15, -0.1) is 0 Å². The largest absolute Gasteiger partial charge is 0.365 e. The van der Waals surface area contributed by atoms with E-state index >= 15 is 0 Å². The van der Waals surface area contributed by atoms with E-state index < -0.39 is 0 Å². The van der Waals surface area contributed by atoms with Crippen molar-refractivity contribution in [1.29, 1.82) is 0 Å². The molecule has 5 nitrogen and oxygen atoms in total. The van der Waals surface area contributed by atoms with Crippen LogP contribution in [0.3, 0.4) is 0 Å². The zero-order valence-electron chi connectivity index (χ0n) is 11.3. The topological polar surface area (TPSA) is 75.9 Å². The number of hydrogen-bond acceptors (Lipinski definition) is 5. The van der Waals surface area contributed by atoms with Gasteiger partial charge in [0.2, 0.25) is 0 Å². The zero-order chi connectivity index (χ0) is 13.0. The highest BCUT2D eigenvalue weighted by Crippen LogP contribution is 2.32. The molecule has 1 fully saturated rings. The molecule has 18 heavy (non-hydrogen) atoms. The second kappa shape index (κ2) is 5.52. The second-order valence-corrected chi connectivity index (χ2v) is 5.29. The molecule has 5 heteroatoms. The molecule has 0 amide bonds. The fraction of sp³-hybridized carbons (Fsp3) is 0.692. The summed E-state index contributed by atoms with van der Waals surface area (Å²) in [6.07, 6.45) is 8.74. The van der Waals surface area contributed by atoms with E-state index in [-0.39, 0.29) is 5.54 Å². The van der Waals surface area contributed by atoms with Gasteiger partial charge < -0.3 is 10.7 Å². The normalized spacial score (nSPS) is 18.4. The summed E-state index contributed by atoms with van der Waals surface area (Å²) in [5.41, 5.74) is 3.86. The lowest BCUT2D eigenvalue weighted by atomic mass is 9.83. The van der Waals surface area contributed by atoms with Crippen LogP contribution in [0.25, 0.3) is 0 Å². The molecule has 1 heterocycles. The van der Waals surface area contributed by atoms with Gasteiger partial charge in [-0.05, 0) is 26.2 Å². The van der Waals surface area contributed by atoms with Gasteiger partial charge in [-0.25, -0.2) is 15.8 Å².